The summed E-state index contributed by atoms with van der Waals surface area (Å²) in [4.78, 5) is 29.1. The Morgan fingerprint density at radius 1 is 1.06 bits per heavy atom. The van der Waals surface area contributed by atoms with Crippen molar-refractivity contribution in [2.45, 2.75) is 72.1 Å². The number of anilines is 2. The van der Waals surface area contributed by atoms with E-state index < -0.39 is 23.4 Å². The van der Waals surface area contributed by atoms with Gasteiger partial charge in [-0.15, -0.1) is 0 Å². The summed E-state index contributed by atoms with van der Waals surface area (Å²) < 4.78 is 11.0. The number of nitrogens with two attached hydrogens (primary N) is 1. The lowest BCUT2D eigenvalue weighted by Crippen LogP contribution is -2.43. The Labute approximate surface area is 190 Å². The van der Waals surface area contributed by atoms with Gasteiger partial charge in [-0.25, -0.2) is 14.5 Å². The first kappa shape index (κ1) is 24.7. The van der Waals surface area contributed by atoms with Crippen LogP contribution in [-0.2, 0) is 16.0 Å². The van der Waals surface area contributed by atoms with Gasteiger partial charge in [-0.05, 0) is 90.4 Å². The molecule has 1 saturated heterocycles. The first-order valence-corrected chi connectivity index (χ1v) is 10.8. The summed E-state index contributed by atoms with van der Waals surface area (Å²) in [5.74, 6) is 0. The Balaban J connectivity index is 2.42. The Kier molecular flexibility index (Phi) is 7.75. The highest BCUT2D eigenvalue weighted by Crippen LogP contribution is 2.29. The number of nitrogens with one attached hydrogen (secondary N) is 1. The number of hydrogen-bond acceptors (Lipinski definition) is 6. The minimum Gasteiger partial charge on any atom is -0.443 e. The van der Waals surface area contributed by atoms with E-state index in [-0.39, 0.29) is 11.7 Å². The number of carbonyl (C=O) groups is 2. The number of imide groups is 1. The van der Waals surface area contributed by atoms with Gasteiger partial charge in [-0.2, -0.15) is 0 Å². The van der Waals surface area contributed by atoms with Crippen molar-refractivity contribution >= 4 is 40.9 Å². The molecule has 31 heavy (non-hydrogen) atoms. The molecular weight excluding hydrogens is 416 g/mol. The summed E-state index contributed by atoms with van der Waals surface area (Å²) >= 11 is 4.95. The van der Waals surface area contributed by atoms with E-state index in [1.165, 1.54) is 0 Å². The van der Waals surface area contributed by atoms with Gasteiger partial charge in [0.25, 0.3) is 0 Å². The quantitative estimate of drug-likeness (QED) is 0.642. The van der Waals surface area contributed by atoms with Gasteiger partial charge in [-0.3, -0.25) is 0 Å². The van der Waals surface area contributed by atoms with Crippen LogP contribution in [0.15, 0.2) is 18.2 Å². The lowest BCUT2D eigenvalue weighted by molar-refractivity contribution is -0.000216. The Morgan fingerprint density at radius 3 is 2.03 bits per heavy atom. The summed E-state index contributed by atoms with van der Waals surface area (Å²) in [5, 5.41) is 3.05. The summed E-state index contributed by atoms with van der Waals surface area (Å²) in [6.45, 7) is 12.3. The zero-order valence-electron chi connectivity index (χ0n) is 19.3. The zero-order valence-corrected chi connectivity index (χ0v) is 20.1. The van der Waals surface area contributed by atoms with Crippen molar-refractivity contribution in [3.05, 3.63) is 23.8 Å². The van der Waals surface area contributed by atoms with Crippen molar-refractivity contribution < 1.29 is 19.1 Å². The second-order valence-electron chi connectivity index (χ2n) is 9.57. The number of nitrogens with zero attached hydrogens (tertiary/aromatic N) is 2. The average molecular weight is 451 g/mol. The molecule has 0 spiro atoms. The molecule has 0 atom stereocenters. The van der Waals surface area contributed by atoms with Crippen LogP contribution in [0.2, 0.25) is 0 Å². The highest BCUT2D eigenvalue weighted by molar-refractivity contribution is 7.80. The Bertz CT molecular complexity index is 796. The van der Waals surface area contributed by atoms with Crippen molar-refractivity contribution in [3.63, 3.8) is 0 Å². The molecule has 172 valence electrons. The van der Waals surface area contributed by atoms with E-state index in [1.807, 2.05) is 18.2 Å². The van der Waals surface area contributed by atoms with Gasteiger partial charge >= 0.3 is 12.2 Å². The molecule has 0 aliphatic carbocycles. The molecule has 0 radical (unpaired) electrons. The van der Waals surface area contributed by atoms with Crippen LogP contribution in [0.3, 0.4) is 0 Å². The van der Waals surface area contributed by atoms with Crippen molar-refractivity contribution in [2.24, 2.45) is 5.73 Å². The van der Waals surface area contributed by atoms with Crippen LogP contribution in [0, 0.1) is 0 Å². The fourth-order valence-corrected chi connectivity index (χ4v) is 3.32. The molecule has 3 N–H and O–H groups in total. The molecule has 8 nitrogen and oxygen atoms in total. The van der Waals surface area contributed by atoms with E-state index in [2.05, 4.69) is 10.2 Å². The van der Waals surface area contributed by atoms with Crippen molar-refractivity contribution in [2.75, 3.05) is 23.3 Å². The van der Waals surface area contributed by atoms with Gasteiger partial charge in [-0.1, -0.05) is 0 Å². The number of thiocarbonyl (C=S) groups is 1. The monoisotopic (exact) mass is 450 g/mol. The van der Waals surface area contributed by atoms with Crippen LogP contribution in [0.4, 0.5) is 21.0 Å². The summed E-state index contributed by atoms with van der Waals surface area (Å²) in [6.07, 6.45) is 0.658. The van der Waals surface area contributed by atoms with Gasteiger partial charge in [0.1, 0.15) is 11.2 Å². The van der Waals surface area contributed by atoms with Crippen LogP contribution in [0.25, 0.3) is 0 Å². The highest BCUT2D eigenvalue weighted by Gasteiger charge is 2.32. The van der Waals surface area contributed by atoms with Crippen molar-refractivity contribution in [1.29, 1.82) is 0 Å². The van der Waals surface area contributed by atoms with Gasteiger partial charge in [0, 0.05) is 24.5 Å². The molecule has 2 amide bonds. The van der Waals surface area contributed by atoms with E-state index in [0.29, 0.717) is 5.69 Å². The van der Waals surface area contributed by atoms with Gasteiger partial charge in [0.2, 0.25) is 0 Å². The number of carbonyl (C=O) groups excluding carboxylic acids is 2. The molecule has 0 aromatic heterocycles. The first-order valence-electron chi connectivity index (χ1n) is 10.4. The van der Waals surface area contributed by atoms with E-state index in [9.17, 15) is 9.59 Å². The molecule has 1 fully saturated rings. The summed E-state index contributed by atoms with van der Waals surface area (Å²) in [6, 6.07) is 5.67. The second-order valence-corrected chi connectivity index (χ2v) is 10.0. The molecule has 1 aromatic rings. The molecular formula is C22H34N4O4S. The largest absolute Gasteiger partial charge is 0.443 e. The summed E-state index contributed by atoms with van der Waals surface area (Å²) in [7, 11) is 0. The normalized spacial score (nSPS) is 14.2. The van der Waals surface area contributed by atoms with Gasteiger partial charge in [0.15, 0.2) is 5.11 Å². The van der Waals surface area contributed by atoms with Gasteiger partial charge < -0.3 is 25.4 Å². The number of rotatable bonds is 4. The molecule has 1 aliphatic heterocycles. The van der Waals surface area contributed by atoms with Gasteiger partial charge in [0.05, 0.1) is 6.54 Å². The highest BCUT2D eigenvalue weighted by atomic mass is 32.1. The van der Waals surface area contributed by atoms with E-state index in [1.54, 1.807) is 41.5 Å². The molecule has 2 rings (SSSR count). The second kappa shape index (κ2) is 9.72. The summed E-state index contributed by atoms with van der Waals surface area (Å²) in [5.41, 5.74) is 6.49. The molecule has 0 bridgehead atoms. The third kappa shape index (κ3) is 7.90. The van der Waals surface area contributed by atoms with E-state index >= 15 is 0 Å². The third-order valence-corrected chi connectivity index (χ3v) is 4.45. The fourth-order valence-electron chi connectivity index (χ4n) is 3.21. The Hall–Kier alpha value is -2.55. The number of hydrogen-bond donors (Lipinski definition) is 2. The Morgan fingerprint density at radius 2 is 1.58 bits per heavy atom. The smallest absolute Gasteiger partial charge is 0.420 e. The fraction of sp³-hybridized carbons (Fsp3) is 0.591. The minimum atomic E-state index is -0.762. The van der Waals surface area contributed by atoms with Crippen LogP contribution in [-0.4, -0.2) is 46.5 Å². The third-order valence-electron chi connectivity index (χ3n) is 4.35. The van der Waals surface area contributed by atoms with Crippen LogP contribution >= 0.6 is 12.2 Å². The molecule has 1 aromatic carbocycles. The molecule has 1 aliphatic rings. The average Bonchev–Trinajstić information content (AvgIpc) is 3.10. The van der Waals surface area contributed by atoms with Crippen LogP contribution in [0.5, 0.6) is 0 Å². The maximum atomic E-state index is 12.9. The first-order chi connectivity index (χ1) is 14.2. The molecule has 9 heteroatoms. The molecule has 0 saturated carbocycles. The van der Waals surface area contributed by atoms with Crippen molar-refractivity contribution in [1.82, 2.24) is 4.90 Å². The predicted octanol–water partition coefficient (Wildman–Crippen LogP) is 4.61. The maximum Gasteiger partial charge on any atom is 0.420 e. The maximum absolute atomic E-state index is 12.9. The number of amides is 2. The van der Waals surface area contributed by atoms with Crippen LogP contribution < -0.4 is 16.0 Å². The number of benzene rings is 1. The van der Waals surface area contributed by atoms with E-state index in [4.69, 9.17) is 27.4 Å². The van der Waals surface area contributed by atoms with Crippen molar-refractivity contribution in [3.8, 4) is 0 Å². The lowest BCUT2D eigenvalue weighted by atomic mass is 10.1. The standard InChI is InChI=1S/C22H34N4O4S/c1-21(2,3)29-19(27)26(20(28)30-22(4,5)6)14-15-13-16(24-18(23)31)9-10-17(15)25-11-7-8-12-25/h9-10,13H,7-8,11-12,14H2,1-6H3,(H3,23,24,31). The minimum absolute atomic E-state index is 0.0114. The molecule has 0 unspecified atom stereocenters. The topological polar surface area (TPSA) is 97.1 Å². The predicted molar refractivity (Wildman–Crippen MR) is 126 cm³/mol. The van der Waals surface area contributed by atoms with E-state index in [0.717, 1.165) is 42.1 Å². The SMILES string of the molecule is CC(C)(C)OC(=O)N(Cc1cc(NC(N)=S)ccc1N1CCCC1)C(=O)OC(C)(C)C. The zero-order chi connectivity index (χ0) is 23.4. The number of ether oxygens (including phenoxy) is 2. The lowest BCUT2D eigenvalue weighted by Gasteiger charge is -2.30. The van der Waals surface area contributed by atoms with Crippen LogP contribution in [0.1, 0.15) is 59.9 Å². The molecule has 1 heterocycles.